The molecular formula is C15H27N5O. The smallest absolute Gasteiger partial charge is 0.153 e. The Morgan fingerprint density at radius 1 is 1.48 bits per heavy atom. The maximum Gasteiger partial charge on any atom is 0.153 e. The Hall–Kier alpha value is -1.56. The van der Waals surface area contributed by atoms with Crippen molar-refractivity contribution in [2.45, 2.75) is 65.1 Å². The van der Waals surface area contributed by atoms with E-state index in [-0.39, 0.29) is 5.84 Å². The van der Waals surface area contributed by atoms with Gasteiger partial charge in [0.15, 0.2) is 5.84 Å². The molecule has 0 bridgehead atoms. The van der Waals surface area contributed by atoms with Crippen LogP contribution >= 0.6 is 0 Å². The Balaban J connectivity index is 2.15. The van der Waals surface area contributed by atoms with Crippen molar-refractivity contribution in [1.29, 1.82) is 0 Å². The zero-order valence-corrected chi connectivity index (χ0v) is 13.1. The van der Waals surface area contributed by atoms with Gasteiger partial charge < -0.3 is 10.9 Å². The van der Waals surface area contributed by atoms with E-state index in [1.165, 1.54) is 31.4 Å². The first-order chi connectivity index (χ1) is 10.2. The molecule has 1 aliphatic carbocycles. The first kappa shape index (κ1) is 15.8. The molecule has 21 heavy (non-hydrogen) atoms. The summed E-state index contributed by atoms with van der Waals surface area (Å²) in [6, 6.07) is 2.70. The number of oxime groups is 1. The van der Waals surface area contributed by atoms with E-state index in [9.17, 15) is 0 Å². The standard InChI is InChI=1S/C15H27N5O/c1-3-12-9-14(20(4-2)17-12)10-19(11-15(16)18-21)13-7-5-6-8-13/h9,13,21H,3-8,10-11H2,1-2H3,(H2,16,18). The van der Waals surface area contributed by atoms with Gasteiger partial charge in [0.1, 0.15) is 0 Å². The van der Waals surface area contributed by atoms with E-state index in [1.807, 2.05) is 0 Å². The summed E-state index contributed by atoms with van der Waals surface area (Å²) in [7, 11) is 0. The normalized spacial score (nSPS) is 17.0. The van der Waals surface area contributed by atoms with Gasteiger partial charge >= 0.3 is 0 Å². The van der Waals surface area contributed by atoms with E-state index >= 15 is 0 Å². The maximum absolute atomic E-state index is 8.85. The van der Waals surface area contributed by atoms with Gasteiger partial charge in [0.2, 0.25) is 0 Å². The summed E-state index contributed by atoms with van der Waals surface area (Å²) in [6.07, 6.45) is 5.87. The summed E-state index contributed by atoms with van der Waals surface area (Å²) in [6.45, 7) is 6.42. The van der Waals surface area contributed by atoms with E-state index < -0.39 is 0 Å². The van der Waals surface area contributed by atoms with E-state index in [0.29, 0.717) is 12.6 Å². The van der Waals surface area contributed by atoms with Crippen molar-refractivity contribution in [1.82, 2.24) is 14.7 Å². The lowest BCUT2D eigenvalue weighted by molar-refractivity contribution is 0.208. The predicted molar refractivity (Wildman–Crippen MR) is 83.4 cm³/mol. The number of hydrogen-bond acceptors (Lipinski definition) is 4. The van der Waals surface area contributed by atoms with Crippen LogP contribution in [-0.4, -0.2) is 38.3 Å². The molecule has 1 saturated carbocycles. The summed E-state index contributed by atoms with van der Waals surface area (Å²) in [5, 5.41) is 16.6. The molecule has 0 amide bonds. The van der Waals surface area contributed by atoms with Gasteiger partial charge in [0, 0.05) is 19.1 Å². The van der Waals surface area contributed by atoms with Gasteiger partial charge in [-0.1, -0.05) is 24.9 Å². The maximum atomic E-state index is 8.85. The summed E-state index contributed by atoms with van der Waals surface area (Å²) < 4.78 is 2.06. The van der Waals surface area contributed by atoms with Gasteiger partial charge in [-0.25, -0.2) is 0 Å². The van der Waals surface area contributed by atoms with Crippen LogP contribution < -0.4 is 5.73 Å². The molecule has 0 aromatic carbocycles. The molecule has 1 fully saturated rings. The molecule has 118 valence electrons. The van der Waals surface area contributed by atoms with Crippen LogP contribution in [0.25, 0.3) is 0 Å². The fraction of sp³-hybridized carbons (Fsp3) is 0.733. The quantitative estimate of drug-likeness (QED) is 0.348. The van der Waals surface area contributed by atoms with Gasteiger partial charge in [-0.3, -0.25) is 9.58 Å². The van der Waals surface area contributed by atoms with Crippen LogP contribution in [0, 0.1) is 0 Å². The molecule has 0 radical (unpaired) electrons. The summed E-state index contributed by atoms with van der Waals surface area (Å²) in [5.41, 5.74) is 8.07. The predicted octanol–water partition coefficient (Wildman–Crippen LogP) is 1.96. The highest BCUT2D eigenvalue weighted by Gasteiger charge is 2.24. The summed E-state index contributed by atoms with van der Waals surface area (Å²) in [5.74, 6) is 0.278. The fourth-order valence-electron chi connectivity index (χ4n) is 3.12. The van der Waals surface area contributed by atoms with Crippen molar-refractivity contribution >= 4 is 5.84 Å². The Labute approximate surface area is 126 Å². The van der Waals surface area contributed by atoms with Crippen LogP contribution in [0.15, 0.2) is 11.2 Å². The van der Waals surface area contributed by atoms with Crippen molar-refractivity contribution in [2.24, 2.45) is 10.9 Å². The zero-order chi connectivity index (χ0) is 15.2. The highest BCUT2D eigenvalue weighted by Crippen LogP contribution is 2.25. The highest BCUT2D eigenvalue weighted by molar-refractivity contribution is 5.81. The zero-order valence-electron chi connectivity index (χ0n) is 13.1. The first-order valence-electron chi connectivity index (χ1n) is 7.94. The molecule has 2 rings (SSSR count). The molecular weight excluding hydrogens is 266 g/mol. The van der Waals surface area contributed by atoms with Crippen LogP contribution in [0.1, 0.15) is 50.9 Å². The van der Waals surface area contributed by atoms with Gasteiger partial charge in [-0.15, -0.1) is 0 Å². The number of aryl methyl sites for hydroxylation is 2. The Morgan fingerprint density at radius 3 is 2.76 bits per heavy atom. The Bertz CT molecular complexity index is 476. The third kappa shape index (κ3) is 3.97. The lowest BCUT2D eigenvalue weighted by atomic mass is 10.2. The number of nitrogens with two attached hydrogens (primary N) is 1. The Kier molecular flexibility index (Phi) is 5.61. The minimum atomic E-state index is 0.278. The molecule has 0 unspecified atom stereocenters. The van der Waals surface area contributed by atoms with Crippen molar-refractivity contribution in [3.8, 4) is 0 Å². The van der Waals surface area contributed by atoms with Crippen molar-refractivity contribution < 1.29 is 5.21 Å². The molecule has 0 aliphatic heterocycles. The number of nitrogens with zero attached hydrogens (tertiary/aromatic N) is 4. The van der Waals surface area contributed by atoms with E-state index in [1.54, 1.807) is 0 Å². The minimum Gasteiger partial charge on any atom is -0.409 e. The molecule has 1 aliphatic rings. The second-order valence-corrected chi connectivity index (χ2v) is 5.73. The SMILES string of the molecule is CCc1cc(CN(CC(N)=NO)C2CCCC2)n(CC)n1. The van der Waals surface area contributed by atoms with Crippen LogP contribution in [-0.2, 0) is 19.5 Å². The molecule has 6 heteroatoms. The van der Waals surface area contributed by atoms with Crippen LogP contribution in [0.2, 0.25) is 0 Å². The van der Waals surface area contributed by atoms with Crippen molar-refractivity contribution in [3.05, 3.63) is 17.5 Å². The number of hydrogen-bond donors (Lipinski definition) is 2. The summed E-state index contributed by atoms with van der Waals surface area (Å²) in [4.78, 5) is 2.32. The second kappa shape index (κ2) is 7.45. The number of aromatic nitrogens is 2. The average molecular weight is 293 g/mol. The molecule has 1 aromatic heterocycles. The van der Waals surface area contributed by atoms with Crippen LogP contribution in [0.5, 0.6) is 0 Å². The van der Waals surface area contributed by atoms with Gasteiger partial charge in [0.05, 0.1) is 17.9 Å². The lowest BCUT2D eigenvalue weighted by Gasteiger charge is -2.28. The molecule has 0 atom stereocenters. The Morgan fingerprint density at radius 2 is 2.19 bits per heavy atom. The third-order valence-corrected chi connectivity index (χ3v) is 4.28. The number of rotatable bonds is 7. The molecule has 6 nitrogen and oxygen atoms in total. The largest absolute Gasteiger partial charge is 0.409 e. The highest BCUT2D eigenvalue weighted by atomic mass is 16.4. The average Bonchev–Trinajstić information content (AvgIpc) is 3.15. The van der Waals surface area contributed by atoms with E-state index in [4.69, 9.17) is 10.9 Å². The van der Waals surface area contributed by atoms with Crippen molar-refractivity contribution in [3.63, 3.8) is 0 Å². The van der Waals surface area contributed by atoms with Gasteiger partial charge in [0.25, 0.3) is 0 Å². The first-order valence-corrected chi connectivity index (χ1v) is 7.94. The van der Waals surface area contributed by atoms with Gasteiger partial charge in [-0.2, -0.15) is 5.10 Å². The van der Waals surface area contributed by atoms with E-state index in [0.717, 1.165) is 25.2 Å². The second-order valence-electron chi connectivity index (χ2n) is 5.73. The third-order valence-electron chi connectivity index (χ3n) is 4.28. The number of amidine groups is 1. The fourth-order valence-corrected chi connectivity index (χ4v) is 3.12. The van der Waals surface area contributed by atoms with Crippen molar-refractivity contribution in [2.75, 3.05) is 6.54 Å². The van der Waals surface area contributed by atoms with Crippen LogP contribution in [0.3, 0.4) is 0 Å². The molecule has 1 heterocycles. The monoisotopic (exact) mass is 293 g/mol. The molecule has 0 spiro atoms. The molecule has 0 saturated heterocycles. The molecule has 3 N–H and O–H groups in total. The topological polar surface area (TPSA) is 79.7 Å². The minimum absolute atomic E-state index is 0.278. The lowest BCUT2D eigenvalue weighted by Crippen LogP contribution is -2.40. The van der Waals surface area contributed by atoms with Crippen LogP contribution in [0.4, 0.5) is 0 Å². The van der Waals surface area contributed by atoms with Gasteiger partial charge in [-0.05, 0) is 32.3 Å². The van der Waals surface area contributed by atoms with E-state index in [2.05, 4.69) is 39.7 Å². The summed E-state index contributed by atoms with van der Waals surface area (Å²) >= 11 is 0. The molecule has 1 aromatic rings.